The quantitative estimate of drug-likeness (QED) is 0.577. The molecule has 6 nitrogen and oxygen atoms in total. The van der Waals surface area contributed by atoms with E-state index < -0.39 is 11.9 Å². The highest BCUT2D eigenvalue weighted by atomic mass is 16.7. The van der Waals surface area contributed by atoms with Gasteiger partial charge in [-0.05, 0) is 6.92 Å². The van der Waals surface area contributed by atoms with Crippen LogP contribution < -0.4 is 11.3 Å². The van der Waals surface area contributed by atoms with Crippen LogP contribution in [0.5, 0.6) is 0 Å². The lowest BCUT2D eigenvalue weighted by Crippen LogP contribution is -2.49. The fourth-order valence-electron chi connectivity index (χ4n) is 0.506. The molecular formula is C6H13N3O3. The van der Waals surface area contributed by atoms with Crippen LogP contribution in [0.2, 0.25) is 0 Å². The summed E-state index contributed by atoms with van der Waals surface area (Å²) in [4.78, 5) is 26.2. The topological polar surface area (TPSA) is 84.7 Å². The number of hydrogen-bond donors (Lipinski definition) is 2. The molecule has 12 heavy (non-hydrogen) atoms. The molecule has 3 N–H and O–H groups in total. The maximum absolute atomic E-state index is 10.9. The van der Waals surface area contributed by atoms with Crippen LogP contribution in [0.3, 0.4) is 0 Å². The maximum Gasteiger partial charge on any atom is 0.338 e. The van der Waals surface area contributed by atoms with E-state index in [1.165, 1.54) is 0 Å². The third-order valence-corrected chi connectivity index (χ3v) is 1.07. The van der Waals surface area contributed by atoms with Gasteiger partial charge in [0.2, 0.25) is 5.91 Å². The average molecular weight is 175 g/mol. The van der Waals surface area contributed by atoms with E-state index in [0.29, 0.717) is 11.6 Å². The monoisotopic (exact) mass is 175 g/mol. The number of hydrazine groups is 1. The number of nitrogens with zero attached hydrogens (tertiary/aromatic N) is 1. The summed E-state index contributed by atoms with van der Waals surface area (Å²) < 4.78 is 0. The highest BCUT2D eigenvalue weighted by Crippen LogP contribution is 1.88. The standard InChI is InChI=1S/C6H13N3O3/c1-3-5(10)9(6(7)11)8-12-4-2/h8H,3-4H2,1-2H3,(H2,7,11). The van der Waals surface area contributed by atoms with Crippen LogP contribution in [0.1, 0.15) is 20.3 Å². The second kappa shape index (κ2) is 5.50. The summed E-state index contributed by atoms with van der Waals surface area (Å²) in [7, 11) is 0. The average Bonchev–Trinajstić information content (AvgIpc) is 2.04. The lowest BCUT2D eigenvalue weighted by Gasteiger charge is -2.16. The summed E-state index contributed by atoms with van der Waals surface area (Å²) in [5.74, 6) is -0.434. The van der Waals surface area contributed by atoms with Crippen molar-refractivity contribution in [3.8, 4) is 0 Å². The molecule has 0 aliphatic carbocycles. The zero-order chi connectivity index (χ0) is 9.56. The molecule has 0 aromatic carbocycles. The molecule has 0 saturated heterocycles. The van der Waals surface area contributed by atoms with Gasteiger partial charge in [-0.25, -0.2) is 4.79 Å². The predicted molar refractivity (Wildman–Crippen MR) is 41.5 cm³/mol. The van der Waals surface area contributed by atoms with Crippen LogP contribution in [0.4, 0.5) is 4.79 Å². The van der Waals surface area contributed by atoms with Gasteiger partial charge >= 0.3 is 6.03 Å². The minimum absolute atomic E-state index is 0.184. The SMILES string of the molecule is CCONN(C(N)=O)C(=O)CC. The molecule has 0 atom stereocenters. The number of carbonyl (C=O) groups is 2. The van der Waals surface area contributed by atoms with E-state index in [-0.39, 0.29) is 6.42 Å². The van der Waals surface area contributed by atoms with E-state index >= 15 is 0 Å². The van der Waals surface area contributed by atoms with Crippen molar-refractivity contribution >= 4 is 11.9 Å². The molecule has 0 heterocycles. The zero-order valence-electron chi connectivity index (χ0n) is 7.16. The molecular weight excluding hydrogens is 162 g/mol. The third kappa shape index (κ3) is 3.31. The van der Waals surface area contributed by atoms with Crippen molar-refractivity contribution < 1.29 is 14.4 Å². The van der Waals surface area contributed by atoms with Gasteiger partial charge in [-0.2, -0.15) is 5.01 Å². The van der Waals surface area contributed by atoms with Crippen molar-refractivity contribution in [3.05, 3.63) is 0 Å². The van der Waals surface area contributed by atoms with Crippen LogP contribution in [-0.2, 0) is 9.63 Å². The summed E-state index contributed by atoms with van der Waals surface area (Å²) in [5.41, 5.74) is 7.01. The van der Waals surface area contributed by atoms with Crippen LogP contribution in [-0.4, -0.2) is 23.6 Å². The Bertz CT molecular complexity index is 171. The van der Waals surface area contributed by atoms with Gasteiger partial charge in [0.15, 0.2) is 0 Å². The van der Waals surface area contributed by atoms with Crippen molar-refractivity contribution in [3.63, 3.8) is 0 Å². The predicted octanol–water partition coefficient (Wildman–Crippen LogP) is -0.240. The first-order valence-electron chi connectivity index (χ1n) is 3.63. The Balaban J connectivity index is 4.04. The largest absolute Gasteiger partial charge is 0.350 e. The van der Waals surface area contributed by atoms with E-state index in [1.807, 2.05) is 0 Å². The van der Waals surface area contributed by atoms with Crippen LogP contribution in [0, 0.1) is 0 Å². The molecule has 0 aliphatic rings. The Morgan fingerprint density at radius 3 is 2.42 bits per heavy atom. The Morgan fingerprint density at radius 2 is 2.08 bits per heavy atom. The molecule has 0 radical (unpaired) electrons. The second-order valence-electron chi connectivity index (χ2n) is 1.95. The summed E-state index contributed by atoms with van der Waals surface area (Å²) in [5, 5.41) is 0.628. The molecule has 0 spiro atoms. The zero-order valence-corrected chi connectivity index (χ0v) is 7.16. The number of urea groups is 1. The number of nitrogens with one attached hydrogen (secondary N) is 1. The van der Waals surface area contributed by atoms with Crippen LogP contribution >= 0.6 is 0 Å². The van der Waals surface area contributed by atoms with Crippen molar-refractivity contribution in [2.75, 3.05) is 6.61 Å². The first-order chi connectivity index (χ1) is 5.63. The number of amides is 3. The fourth-order valence-corrected chi connectivity index (χ4v) is 0.506. The number of imide groups is 1. The van der Waals surface area contributed by atoms with E-state index in [4.69, 9.17) is 5.73 Å². The smallest absolute Gasteiger partial charge is 0.338 e. The molecule has 0 rings (SSSR count). The molecule has 0 aliphatic heterocycles. The van der Waals surface area contributed by atoms with Gasteiger partial charge in [-0.3, -0.25) is 9.63 Å². The summed E-state index contributed by atoms with van der Waals surface area (Å²) in [6, 6.07) is -0.879. The number of carbonyl (C=O) groups excluding carboxylic acids is 2. The molecule has 3 amide bonds. The van der Waals surface area contributed by atoms with Crippen LogP contribution in [0.25, 0.3) is 0 Å². The Kier molecular flexibility index (Phi) is 4.98. The summed E-state index contributed by atoms with van der Waals surface area (Å²) in [6.07, 6.45) is 0.184. The maximum atomic E-state index is 10.9. The van der Waals surface area contributed by atoms with E-state index in [0.717, 1.165) is 0 Å². The molecule has 0 bridgehead atoms. The number of rotatable bonds is 4. The Morgan fingerprint density at radius 1 is 1.50 bits per heavy atom. The first kappa shape index (κ1) is 10.9. The van der Waals surface area contributed by atoms with Gasteiger partial charge in [-0.1, -0.05) is 6.92 Å². The van der Waals surface area contributed by atoms with E-state index in [2.05, 4.69) is 10.4 Å². The summed E-state index contributed by atoms with van der Waals surface area (Å²) >= 11 is 0. The Hall–Kier alpha value is -1.14. The van der Waals surface area contributed by atoms with Crippen molar-refractivity contribution in [2.45, 2.75) is 20.3 Å². The number of hydrogen-bond acceptors (Lipinski definition) is 4. The minimum atomic E-state index is -0.879. The molecule has 70 valence electrons. The highest BCUT2D eigenvalue weighted by Gasteiger charge is 2.16. The summed E-state index contributed by atoms with van der Waals surface area (Å²) in [6.45, 7) is 3.66. The van der Waals surface area contributed by atoms with Gasteiger partial charge in [0.05, 0.1) is 6.61 Å². The van der Waals surface area contributed by atoms with Crippen molar-refractivity contribution in [2.24, 2.45) is 5.73 Å². The van der Waals surface area contributed by atoms with Crippen molar-refractivity contribution in [1.82, 2.24) is 10.6 Å². The molecule has 0 unspecified atom stereocenters. The fraction of sp³-hybridized carbons (Fsp3) is 0.667. The van der Waals surface area contributed by atoms with Gasteiger partial charge in [0.25, 0.3) is 0 Å². The lowest BCUT2D eigenvalue weighted by molar-refractivity contribution is -0.143. The molecule has 0 aromatic rings. The van der Waals surface area contributed by atoms with Gasteiger partial charge in [0.1, 0.15) is 0 Å². The lowest BCUT2D eigenvalue weighted by atomic mass is 10.4. The molecule has 0 saturated carbocycles. The number of primary amides is 1. The van der Waals surface area contributed by atoms with Gasteiger partial charge < -0.3 is 5.73 Å². The number of nitrogens with two attached hydrogens (primary N) is 1. The van der Waals surface area contributed by atoms with E-state index in [1.54, 1.807) is 13.8 Å². The second-order valence-corrected chi connectivity index (χ2v) is 1.95. The van der Waals surface area contributed by atoms with Gasteiger partial charge in [-0.15, -0.1) is 5.59 Å². The minimum Gasteiger partial charge on any atom is -0.350 e. The highest BCUT2D eigenvalue weighted by molar-refractivity contribution is 5.92. The van der Waals surface area contributed by atoms with Gasteiger partial charge in [0, 0.05) is 6.42 Å². The normalized spacial score (nSPS) is 9.50. The molecule has 0 fully saturated rings. The third-order valence-electron chi connectivity index (χ3n) is 1.07. The van der Waals surface area contributed by atoms with Crippen molar-refractivity contribution in [1.29, 1.82) is 0 Å². The van der Waals surface area contributed by atoms with Crippen LogP contribution in [0.15, 0.2) is 0 Å². The molecule has 0 aromatic heterocycles. The first-order valence-corrected chi connectivity index (χ1v) is 3.63. The Labute approximate surface area is 70.6 Å². The van der Waals surface area contributed by atoms with E-state index in [9.17, 15) is 9.59 Å². The molecule has 6 heteroatoms.